The number of aryl methyl sites for hydroxylation is 1. The first-order valence-electron chi connectivity index (χ1n) is 12.8. The van der Waals surface area contributed by atoms with Gasteiger partial charge < -0.3 is 18.9 Å². The van der Waals surface area contributed by atoms with E-state index >= 15 is 0 Å². The highest BCUT2D eigenvalue weighted by molar-refractivity contribution is 7.99. The maximum Gasteiger partial charge on any atom is 0.435 e. The van der Waals surface area contributed by atoms with Crippen LogP contribution in [-0.4, -0.2) is 48.0 Å². The number of thioether (sulfide) groups is 1. The third-order valence-electron chi connectivity index (χ3n) is 5.81. The Morgan fingerprint density at radius 1 is 1.03 bits per heavy atom. The van der Waals surface area contributed by atoms with Crippen LogP contribution in [0.15, 0.2) is 24.3 Å². The SMILES string of the molecule is CCCCCCC[C@@H](SCCCCCc1ccc(Cl)cc1)[C@H](C)OCCCOP(=O)(O)C(=O)OC. The number of methoxy groups -OCH3 is 1. The van der Waals surface area contributed by atoms with E-state index < -0.39 is 13.3 Å². The van der Waals surface area contributed by atoms with Crippen LogP contribution in [-0.2, 0) is 25.0 Å². The minimum Gasteiger partial charge on any atom is -0.460 e. The average Bonchev–Trinajstić information content (AvgIpc) is 2.84. The summed E-state index contributed by atoms with van der Waals surface area (Å²) in [7, 11) is -3.31. The second kappa shape index (κ2) is 19.5. The highest BCUT2D eigenvalue weighted by Gasteiger charge is 2.31. The van der Waals surface area contributed by atoms with Gasteiger partial charge in [-0.25, -0.2) is 9.36 Å². The molecule has 6 nitrogen and oxygen atoms in total. The van der Waals surface area contributed by atoms with Crippen molar-refractivity contribution in [1.29, 1.82) is 0 Å². The second-order valence-electron chi connectivity index (χ2n) is 8.80. The molecular formula is C26H44ClO6PS. The molecule has 0 saturated carbocycles. The number of halogens is 1. The van der Waals surface area contributed by atoms with Gasteiger partial charge in [-0.15, -0.1) is 0 Å². The average molecular weight is 551 g/mol. The molecule has 1 N–H and O–H groups in total. The number of carbonyl (C=O) groups is 1. The summed E-state index contributed by atoms with van der Waals surface area (Å²) >= 11 is 7.95. The van der Waals surface area contributed by atoms with Gasteiger partial charge in [0, 0.05) is 16.9 Å². The lowest BCUT2D eigenvalue weighted by atomic mass is 10.1. The Hall–Kier alpha value is -0.560. The van der Waals surface area contributed by atoms with Crippen LogP contribution in [0.1, 0.15) is 83.6 Å². The first-order valence-corrected chi connectivity index (χ1v) is 15.8. The fourth-order valence-electron chi connectivity index (χ4n) is 3.69. The van der Waals surface area contributed by atoms with E-state index in [2.05, 4.69) is 30.7 Å². The largest absolute Gasteiger partial charge is 0.460 e. The highest BCUT2D eigenvalue weighted by atomic mass is 35.5. The van der Waals surface area contributed by atoms with Crippen molar-refractivity contribution >= 4 is 36.7 Å². The molecule has 1 aromatic carbocycles. The summed E-state index contributed by atoms with van der Waals surface area (Å²) in [6.45, 7) is 4.72. The summed E-state index contributed by atoms with van der Waals surface area (Å²) in [5, 5.41) is 1.21. The molecule has 0 fully saturated rings. The molecule has 0 aliphatic heterocycles. The number of ether oxygens (including phenoxy) is 2. The summed E-state index contributed by atoms with van der Waals surface area (Å²) < 4.78 is 26.8. The zero-order valence-electron chi connectivity index (χ0n) is 21.6. The van der Waals surface area contributed by atoms with E-state index in [9.17, 15) is 14.3 Å². The van der Waals surface area contributed by atoms with Gasteiger partial charge in [0.2, 0.25) is 0 Å². The van der Waals surface area contributed by atoms with Crippen LogP contribution in [0, 0.1) is 0 Å². The van der Waals surface area contributed by atoms with Crippen molar-refractivity contribution in [2.45, 2.75) is 95.8 Å². The highest BCUT2D eigenvalue weighted by Crippen LogP contribution is 2.43. The van der Waals surface area contributed by atoms with E-state index in [1.165, 1.54) is 56.9 Å². The van der Waals surface area contributed by atoms with Gasteiger partial charge in [-0.05, 0) is 62.5 Å². The molecule has 0 spiro atoms. The van der Waals surface area contributed by atoms with E-state index in [1.807, 2.05) is 23.9 Å². The topological polar surface area (TPSA) is 82.1 Å². The number of hydrogen-bond acceptors (Lipinski definition) is 6. The van der Waals surface area contributed by atoms with Gasteiger partial charge in [-0.1, -0.05) is 69.2 Å². The first-order chi connectivity index (χ1) is 16.8. The molecular weight excluding hydrogens is 507 g/mol. The number of benzene rings is 1. The molecule has 0 heterocycles. The van der Waals surface area contributed by atoms with Crippen LogP contribution in [0.4, 0.5) is 4.79 Å². The molecule has 0 aromatic heterocycles. The summed E-state index contributed by atoms with van der Waals surface area (Å²) in [5.41, 5.74) is 0.0987. The Morgan fingerprint density at radius 2 is 1.71 bits per heavy atom. The predicted molar refractivity (Wildman–Crippen MR) is 147 cm³/mol. The van der Waals surface area contributed by atoms with Gasteiger partial charge in [0.15, 0.2) is 0 Å². The van der Waals surface area contributed by atoms with Crippen molar-refractivity contribution in [3.8, 4) is 0 Å². The van der Waals surface area contributed by atoms with Crippen LogP contribution < -0.4 is 0 Å². The number of carbonyl (C=O) groups excluding carboxylic acids is 1. The molecule has 0 aliphatic rings. The van der Waals surface area contributed by atoms with Gasteiger partial charge in [0.1, 0.15) is 0 Å². The smallest absolute Gasteiger partial charge is 0.435 e. The molecule has 0 saturated heterocycles. The molecule has 1 unspecified atom stereocenters. The quantitative estimate of drug-likeness (QED) is 0.122. The molecule has 0 amide bonds. The molecule has 0 radical (unpaired) electrons. The Kier molecular flexibility index (Phi) is 18.1. The van der Waals surface area contributed by atoms with Crippen molar-refractivity contribution < 1.29 is 28.3 Å². The number of rotatable bonds is 21. The van der Waals surface area contributed by atoms with Crippen molar-refractivity contribution in [2.75, 3.05) is 26.1 Å². The van der Waals surface area contributed by atoms with Crippen molar-refractivity contribution in [3.63, 3.8) is 0 Å². The third-order valence-corrected chi connectivity index (χ3v) is 8.81. The molecule has 1 rings (SSSR count). The van der Waals surface area contributed by atoms with E-state index in [0.717, 1.165) is 30.7 Å². The standard InChI is InChI=1S/C26H44ClO6PS/c1-4-5-6-7-10-14-25(22(2)32-19-12-20-33-34(29,30)26(28)31-3)35-21-11-8-9-13-23-15-17-24(27)18-16-23/h15-18,22,25H,4-14,19-21H2,1-3H3,(H,29,30)/t22-,25+/m0/s1. The van der Waals surface area contributed by atoms with Crippen LogP contribution >= 0.6 is 31.0 Å². The van der Waals surface area contributed by atoms with E-state index in [1.54, 1.807) is 0 Å². The normalized spacial score (nSPS) is 14.9. The van der Waals surface area contributed by atoms with E-state index in [0.29, 0.717) is 18.3 Å². The molecule has 1 aromatic rings. The van der Waals surface area contributed by atoms with Gasteiger partial charge in [0.25, 0.3) is 0 Å². The minimum absolute atomic E-state index is 0.0297. The zero-order chi connectivity index (χ0) is 25.9. The van der Waals surface area contributed by atoms with E-state index in [4.69, 9.17) is 20.9 Å². The maximum absolute atomic E-state index is 11.6. The Morgan fingerprint density at radius 3 is 2.40 bits per heavy atom. The maximum atomic E-state index is 11.6. The summed E-state index contributed by atoms with van der Waals surface area (Å²) in [5.74, 6) is 1.11. The Balaban J connectivity index is 2.33. The molecule has 0 bridgehead atoms. The van der Waals surface area contributed by atoms with E-state index in [-0.39, 0.29) is 12.7 Å². The van der Waals surface area contributed by atoms with Gasteiger partial charge in [0.05, 0.1) is 19.8 Å². The fourth-order valence-corrected chi connectivity index (χ4v) is 5.88. The van der Waals surface area contributed by atoms with Gasteiger partial charge in [-0.3, -0.25) is 0 Å². The summed E-state index contributed by atoms with van der Waals surface area (Å²) in [6, 6.07) is 8.11. The number of hydrogen-bond donors (Lipinski definition) is 1. The lowest BCUT2D eigenvalue weighted by molar-refractivity contribution is 0.0536. The third kappa shape index (κ3) is 15.3. The van der Waals surface area contributed by atoms with Crippen molar-refractivity contribution in [3.05, 3.63) is 34.9 Å². The molecule has 202 valence electrons. The molecule has 0 aliphatic carbocycles. The molecule has 3 atom stereocenters. The fraction of sp³-hybridized carbons (Fsp3) is 0.731. The molecule has 9 heteroatoms. The van der Waals surface area contributed by atoms with Crippen molar-refractivity contribution in [1.82, 2.24) is 0 Å². The zero-order valence-corrected chi connectivity index (χ0v) is 24.1. The van der Waals surface area contributed by atoms with Gasteiger partial charge in [-0.2, -0.15) is 11.8 Å². The van der Waals surface area contributed by atoms with Crippen molar-refractivity contribution in [2.24, 2.45) is 0 Å². The van der Waals surface area contributed by atoms with Gasteiger partial charge >= 0.3 is 13.3 Å². The van der Waals surface area contributed by atoms with Crippen LogP contribution in [0.5, 0.6) is 0 Å². The lowest BCUT2D eigenvalue weighted by Crippen LogP contribution is -2.25. The number of unbranched alkanes of at least 4 members (excludes halogenated alkanes) is 6. The summed E-state index contributed by atoms with van der Waals surface area (Å²) in [6.07, 6.45) is 12.6. The monoisotopic (exact) mass is 550 g/mol. The van der Waals surface area contributed by atoms with Crippen LogP contribution in [0.3, 0.4) is 0 Å². The van der Waals surface area contributed by atoms with Crippen LogP contribution in [0.25, 0.3) is 0 Å². The first kappa shape index (κ1) is 32.5. The Labute approximate surface area is 221 Å². The molecule has 35 heavy (non-hydrogen) atoms. The second-order valence-corrected chi connectivity index (χ2v) is 12.3. The minimum atomic E-state index is -4.36. The Bertz CT molecular complexity index is 733. The van der Waals surface area contributed by atoms with Crippen LogP contribution in [0.2, 0.25) is 5.02 Å². The predicted octanol–water partition coefficient (Wildman–Crippen LogP) is 8.28. The lowest BCUT2D eigenvalue weighted by Gasteiger charge is -2.24. The summed E-state index contributed by atoms with van der Waals surface area (Å²) in [4.78, 5) is 20.7.